The zero-order chi connectivity index (χ0) is 25.6. The van der Waals surface area contributed by atoms with Crippen molar-refractivity contribution < 1.29 is 27.8 Å². The minimum absolute atomic E-state index is 0.00756. The summed E-state index contributed by atoms with van der Waals surface area (Å²) in [5, 5.41) is 10.0. The van der Waals surface area contributed by atoms with Crippen LogP contribution in [0.5, 0.6) is 0 Å². The first kappa shape index (κ1) is 25.6. The topological polar surface area (TPSA) is 114 Å². The first-order valence-corrected chi connectivity index (χ1v) is 15.8. The molecule has 12 heteroatoms. The molecule has 3 N–H and O–H groups in total. The van der Waals surface area contributed by atoms with E-state index in [1.54, 1.807) is 6.92 Å². The SMILES string of the molecule is Cc1ncoc1[C@]12C[C@H]1[C@@](CF)(c1cc(N)ccc1F)N=C(N(COCC[Si](C)(C)C)C(=O)O)S2. The second-order valence-corrected chi connectivity index (χ2v) is 17.2. The van der Waals surface area contributed by atoms with Gasteiger partial charge >= 0.3 is 6.09 Å². The highest BCUT2D eigenvalue weighted by Crippen LogP contribution is 2.72. The van der Waals surface area contributed by atoms with Crippen molar-refractivity contribution >= 4 is 36.8 Å². The summed E-state index contributed by atoms with van der Waals surface area (Å²) in [6.45, 7) is 7.42. The van der Waals surface area contributed by atoms with Gasteiger partial charge in [-0.2, -0.15) is 0 Å². The second kappa shape index (κ2) is 9.21. The number of nitrogen functional groups attached to an aromatic ring is 1. The van der Waals surface area contributed by atoms with E-state index in [1.807, 2.05) is 0 Å². The average molecular weight is 525 g/mol. The number of thioether (sulfide) groups is 1. The van der Waals surface area contributed by atoms with Gasteiger partial charge in [-0.3, -0.25) is 0 Å². The zero-order valence-corrected chi connectivity index (χ0v) is 22.0. The number of oxazole rings is 1. The van der Waals surface area contributed by atoms with Crippen molar-refractivity contribution in [1.29, 1.82) is 0 Å². The number of anilines is 1. The van der Waals surface area contributed by atoms with Crippen LogP contribution in [0.4, 0.5) is 19.3 Å². The van der Waals surface area contributed by atoms with E-state index in [0.29, 0.717) is 24.5 Å². The van der Waals surface area contributed by atoms with Gasteiger partial charge in [0.15, 0.2) is 11.6 Å². The number of aryl methyl sites for hydroxylation is 1. The largest absolute Gasteiger partial charge is 0.465 e. The number of alkyl halides is 1. The molecule has 35 heavy (non-hydrogen) atoms. The summed E-state index contributed by atoms with van der Waals surface area (Å²) in [4.78, 5) is 22.0. The van der Waals surface area contributed by atoms with Gasteiger partial charge in [-0.05, 0) is 37.6 Å². The quantitative estimate of drug-likeness (QED) is 0.212. The van der Waals surface area contributed by atoms with E-state index in [9.17, 15) is 9.90 Å². The van der Waals surface area contributed by atoms with E-state index in [2.05, 4.69) is 29.6 Å². The molecule has 0 unspecified atom stereocenters. The standard InChI is InChI=1S/C23H30F2N4O4SSi/c1-14-19(33-12-27-14)23-10-18(23)22(11-24,16-9-15(26)5-6-17(16)25)28-20(34-23)29(21(30)31)13-32-7-8-35(2,3)4/h5-6,9,12,18H,7-8,10-11,13,26H2,1-4H3,(H,30,31)/t18-,22+,23-/m0/s1. The molecule has 0 spiro atoms. The van der Waals surface area contributed by atoms with Gasteiger partial charge in [0.2, 0.25) is 0 Å². The Morgan fingerprint density at radius 3 is 2.77 bits per heavy atom. The highest BCUT2D eigenvalue weighted by atomic mass is 32.2. The van der Waals surface area contributed by atoms with Gasteiger partial charge in [-0.1, -0.05) is 31.4 Å². The maximum absolute atomic E-state index is 15.1. The lowest BCUT2D eigenvalue weighted by Crippen LogP contribution is -2.44. The molecule has 0 bridgehead atoms. The van der Waals surface area contributed by atoms with E-state index in [0.717, 1.165) is 10.9 Å². The third kappa shape index (κ3) is 4.70. The fraction of sp³-hybridized carbons (Fsp3) is 0.522. The Kier molecular flexibility index (Phi) is 6.75. The van der Waals surface area contributed by atoms with E-state index in [-0.39, 0.29) is 23.1 Å². The molecule has 0 radical (unpaired) electrons. The Labute approximate surface area is 207 Å². The number of amides is 1. The maximum Gasteiger partial charge on any atom is 0.415 e. The molecule has 3 atom stereocenters. The number of ether oxygens (including phenoxy) is 1. The van der Waals surface area contributed by atoms with E-state index in [4.69, 9.17) is 14.9 Å². The van der Waals surface area contributed by atoms with E-state index < -0.39 is 42.9 Å². The summed E-state index contributed by atoms with van der Waals surface area (Å²) >= 11 is 1.17. The molecule has 8 nitrogen and oxygen atoms in total. The van der Waals surface area contributed by atoms with Crippen LogP contribution in [0.2, 0.25) is 25.7 Å². The van der Waals surface area contributed by atoms with Crippen molar-refractivity contribution in [2.24, 2.45) is 10.9 Å². The molecule has 2 aromatic rings. The zero-order valence-electron chi connectivity index (χ0n) is 20.2. The van der Waals surface area contributed by atoms with Gasteiger partial charge < -0.3 is 20.0 Å². The Balaban J connectivity index is 1.78. The highest BCUT2D eigenvalue weighted by Gasteiger charge is 2.72. The molecular weight excluding hydrogens is 494 g/mol. The summed E-state index contributed by atoms with van der Waals surface area (Å²) in [6.07, 6.45) is 0.407. The third-order valence-corrected chi connectivity index (χ3v) is 9.72. The smallest absolute Gasteiger partial charge is 0.415 e. The monoisotopic (exact) mass is 524 g/mol. The molecule has 1 amide bonds. The van der Waals surface area contributed by atoms with Crippen LogP contribution in [0.3, 0.4) is 0 Å². The number of nitrogens with zero attached hydrogens (tertiary/aromatic N) is 3. The van der Waals surface area contributed by atoms with E-state index in [1.165, 1.54) is 36.4 Å². The summed E-state index contributed by atoms with van der Waals surface area (Å²) in [5.41, 5.74) is 5.11. The predicted molar refractivity (Wildman–Crippen MR) is 133 cm³/mol. The molecule has 0 saturated heterocycles. The Morgan fingerprint density at radius 1 is 1.43 bits per heavy atom. The van der Waals surface area contributed by atoms with Gasteiger partial charge in [-0.15, -0.1) is 0 Å². The van der Waals surface area contributed by atoms with Crippen molar-refractivity contribution in [3.63, 3.8) is 0 Å². The Bertz CT molecular complexity index is 1160. The van der Waals surface area contributed by atoms with Gasteiger partial charge in [0.1, 0.15) is 30.5 Å². The normalized spacial score (nSPS) is 25.7. The molecule has 1 aliphatic heterocycles. The number of aromatic nitrogens is 1. The van der Waals surface area contributed by atoms with Crippen molar-refractivity contribution in [3.8, 4) is 0 Å². The molecule has 1 fully saturated rings. The lowest BCUT2D eigenvalue weighted by atomic mass is 9.84. The van der Waals surface area contributed by atoms with Crippen molar-refractivity contribution in [2.75, 3.05) is 25.7 Å². The minimum Gasteiger partial charge on any atom is -0.465 e. The van der Waals surface area contributed by atoms with Gasteiger partial charge in [0.25, 0.3) is 0 Å². The van der Waals surface area contributed by atoms with Crippen LogP contribution in [0, 0.1) is 18.7 Å². The molecule has 1 aliphatic carbocycles. The number of nitrogens with two attached hydrogens (primary N) is 1. The number of halogens is 2. The maximum atomic E-state index is 15.1. The lowest BCUT2D eigenvalue weighted by Gasteiger charge is -2.37. The molecule has 190 valence electrons. The Morgan fingerprint density at radius 2 is 2.17 bits per heavy atom. The molecule has 4 rings (SSSR count). The molecular formula is C23H30F2N4O4SSi. The van der Waals surface area contributed by atoms with Crippen LogP contribution in [0.1, 0.15) is 23.4 Å². The number of amidine groups is 1. The summed E-state index contributed by atoms with van der Waals surface area (Å²) in [7, 11) is -1.39. The second-order valence-electron chi connectivity index (χ2n) is 10.3. The number of hydrogen-bond acceptors (Lipinski definition) is 7. The third-order valence-electron chi connectivity index (χ3n) is 6.52. The number of carboxylic acid groups (broad SMARTS) is 1. The molecule has 1 aromatic heterocycles. The van der Waals surface area contributed by atoms with Crippen molar-refractivity contribution in [3.05, 3.63) is 47.4 Å². The van der Waals surface area contributed by atoms with Gasteiger partial charge in [0.05, 0.1) is 10.4 Å². The van der Waals surface area contributed by atoms with Crippen LogP contribution in [-0.4, -0.2) is 54.3 Å². The van der Waals surface area contributed by atoms with Crippen LogP contribution in [-0.2, 0) is 15.0 Å². The van der Waals surface area contributed by atoms with E-state index >= 15 is 8.78 Å². The fourth-order valence-electron chi connectivity index (χ4n) is 4.51. The first-order chi connectivity index (χ1) is 16.4. The first-order valence-electron chi connectivity index (χ1n) is 11.3. The van der Waals surface area contributed by atoms with Gasteiger partial charge in [-0.25, -0.2) is 28.5 Å². The van der Waals surface area contributed by atoms with Crippen LogP contribution in [0.15, 0.2) is 34.0 Å². The van der Waals surface area contributed by atoms with Crippen LogP contribution >= 0.6 is 11.8 Å². The summed E-state index contributed by atoms with van der Waals surface area (Å²) < 4.78 is 40.7. The Hall–Kier alpha value is -2.44. The number of hydrogen-bond donors (Lipinski definition) is 2. The fourth-order valence-corrected chi connectivity index (χ4v) is 6.92. The lowest BCUT2D eigenvalue weighted by molar-refractivity contribution is 0.0699. The van der Waals surface area contributed by atoms with Crippen molar-refractivity contribution in [2.45, 2.75) is 49.3 Å². The van der Waals surface area contributed by atoms with Crippen LogP contribution < -0.4 is 5.73 Å². The molecule has 1 saturated carbocycles. The number of carbonyl (C=O) groups is 1. The summed E-state index contributed by atoms with van der Waals surface area (Å²) in [6, 6.07) is 4.80. The highest BCUT2D eigenvalue weighted by molar-refractivity contribution is 8.14. The number of benzene rings is 1. The molecule has 2 aliphatic rings. The predicted octanol–water partition coefficient (Wildman–Crippen LogP) is 5.18. The average Bonchev–Trinajstić information content (AvgIpc) is 3.37. The molecule has 1 aromatic carbocycles. The minimum atomic E-state index is -1.68. The van der Waals surface area contributed by atoms with Crippen molar-refractivity contribution in [1.82, 2.24) is 9.88 Å². The number of fused-ring (bicyclic) bond motifs is 1. The number of rotatable bonds is 8. The number of aliphatic imine (C=N–C) groups is 1. The van der Waals surface area contributed by atoms with Gasteiger partial charge in [0, 0.05) is 31.8 Å². The summed E-state index contributed by atoms with van der Waals surface area (Å²) in [5.74, 6) is -0.637. The molecule has 2 heterocycles. The van der Waals surface area contributed by atoms with Crippen LogP contribution in [0.25, 0.3) is 0 Å².